The van der Waals surface area contributed by atoms with Crippen molar-refractivity contribution in [1.29, 1.82) is 0 Å². The van der Waals surface area contributed by atoms with Crippen LogP contribution in [0.5, 0.6) is 0 Å². The zero-order chi connectivity index (χ0) is 11.3. The van der Waals surface area contributed by atoms with E-state index in [4.69, 9.17) is 5.73 Å². The first-order valence-electron chi connectivity index (χ1n) is 5.49. The molecule has 0 unspecified atom stereocenters. The Labute approximate surface area is 91.5 Å². The van der Waals surface area contributed by atoms with E-state index in [1.54, 1.807) is 0 Å². The maximum Gasteiger partial charge on any atom is 0.225 e. The topological polar surface area (TPSA) is 55.0 Å². The molecular formula is C11H20N4. The van der Waals surface area contributed by atoms with Crippen molar-refractivity contribution in [2.45, 2.75) is 26.7 Å². The quantitative estimate of drug-likeness (QED) is 0.784. The molecule has 1 aromatic heterocycles. The van der Waals surface area contributed by atoms with Gasteiger partial charge in [-0.15, -0.1) is 0 Å². The molecule has 1 heterocycles. The number of hydrogen-bond donors (Lipinski definition) is 1. The molecule has 0 bridgehead atoms. The molecule has 0 aliphatic carbocycles. The predicted octanol–water partition coefficient (Wildman–Crippen LogP) is 0.996. The van der Waals surface area contributed by atoms with E-state index in [-0.39, 0.29) is 0 Å². The smallest absolute Gasteiger partial charge is 0.225 e. The van der Waals surface area contributed by atoms with Crippen LogP contribution in [0.1, 0.15) is 25.2 Å². The first-order valence-corrected chi connectivity index (χ1v) is 5.49. The van der Waals surface area contributed by atoms with E-state index in [1.165, 1.54) is 0 Å². The summed E-state index contributed by atoms with van der Waals surface area (Å²) in [4.78, 5) is 11.0. The lowest BCUT2D eigenvalue weighted by atomic mass is 10.2. The highest BCUT2D eigenvalue weighted by atomic mass is 15.2. The summed E-state index contributed by atoms with van der Waals surface area (Å²) in [6.45, 7) is 5.62. The third kappa shape index (κ3) is 3.16. The maximum absolute atomic E-state index is 5.51. The fourth-order valence-corrected chi connectivity index (χ4v) is 1.37. The largest absolute Gasteiger partial charge is 0.343 e. The van der Waals surface area contributed by atoms with Gasteiger partial charge < -0.3 is 10.6 Å². The highest BCUT2D eigenvalue weighted by Crippen LogP contribution is 2.09. The molecule has 84 valence electrons. The van der Waals surface area contributed by atoms with Gasteiger partial charge in [0.1, 0.15) is 0 Å². The van der Waals surface area contributed by atoms with Gasteiger partial charge >= 0.3 is 0 Å². The molecule has 0 fully saturated rings. The number of rotatable bonds is 5. The van der Waals surface area contributed by atoms with Crippen LogP contribution >= 0.6 is 0 Å². The van der Waals surface area contributed by atoms with E-state index >= 15 is 0 Å². The summed E-state index contributed by atoms with van der Waals surface area (Å²) in [5.74, 6) is 0.789. The van der Waals surface area contributed by atoms with Crippen molar-refractivity contribution in [3.63, 3.8) is 0 Å². The predicted molar refractivity (Wildman–Crippen MR) is 63.1 cm³/mol. The lowest BCUT2D eigenvalue weighted by molar-refractivity contribution is 0.819. The first-order chi connectivity index (χ1) is 7.21. The van der Waals surface area contributed by atoms with Crippen LogP contribution < -0.4 is 10.6 Å². The summed E-state index contributed by atoms with van der Waals surface area (Å²) in [5.41, 5.74) is 7.71. The number of hydrogen-bond acceptors (Lipinski definition) is 4. The van der Waals surface area contributed by atoms with E-state index in [2.05, 4.69) is 29.9 Å². The summed E-state index contributed by atoms with van der Waals surface area (Å²) in [6.07, 6.45) is 1.89. The van der Waals surface area contributed by atoms with Crippen molar-refractivity contribution < 1.29 is 0 Å². The summed E-state index contributed by atoms with van der Waals surface area (Å²) >= 11 is 0. The minimum Gasteiger partial charge on any atom is -0.343 e. The van der Waals surface area contributed by atoms with E-state index in [0.29, 0.717) is 6.54 Å². The molecule has 4 heteroatoms. The standard InChI is InChI=1S/C11H20N4/c1-4-9-8-10(5-2)14-11(13-9)15(3)7-6-12/h8H,4-7,12H2,1-3H3. The lowest BCUT2D eigenvalue weighted by Gasteiger charge is -2.17. The van der Waals surface area contributed by atoms with Crippen LogP contribution in [0.25, 0.3) is 0 Å². The zero-order valence-corrected chi connectivity index (χ0v) is 9.82. The van der Waals surface area contributed by atoms with Gasteiger partial charge in [0.15, 0.2) is 0 Å². The molecule has 0 aromatic carbocycles. The Morgan fingerprint density at radius 3 is 2.13 bits per heavy atom. The second-order valence-electron chi connectivity index (χ2n) is 3.57. The Bertz CT molecular complexity index is 289. The van der Waals surface area contributed by atoms with Crippen LogP contribution in [0.2, 0.25) is 0 Å². The number of aromatic nitrogens is 2. The molecule has 0 aliphatic heterocycles. The summed E-state index contributed by atoms with van der Waals surface area (Å²) in [6, 6.07) is 2.07. The second kappa shape index (κ2) is 5.66. The SMILES string of the molecule is CCc1cc(CC)nc(N(C)CCN)n1. The van der Waals surface area contributed by atoms with Gasteiger partial charge in [0.05, 0.1) is 0 Å². The molecule has 1 rings (SSSR count). The van der Waals surface area contributed by atoms with Crippen molar-refractivity contribution in [1.82, 2.24) is 9.97 Å². The lowest BCUT2D eigenvalue weighted by Crippen LogP contribution is -2.27. The maximum atomic E-state index is 5.51. The van der Waals surface area contributed by atoms with Gasteiger partial charge in [-0.3, -0.25) is 0 Å². The molecule has 15 heavy (non-hydrogen) atoms. The van der Waals surface area contributed by atoms with E-state index in [1.807, 2.05) is 11.9 Å². The van der Waals surface area contributed by atoms with E-state index < -0.39 is 0 Å². The van der Waals surface area contributed by atoms with Crippen LogP contribution in [0.3, 0.4) is 0 Å². The highest BCUT2D eigenvalue weighted by molar-refractivity contribution is 5.31. The molecule has 1 aromatic rings. The number of likely N-dealkylation sites (N-methyl/N-ethyl adjacent to an activating group) is 1. The van der Waals surface area contributed by atoms with E-state index in [0.717, 1.165) is 36.7 Å². The monoisotopic (exact) mass is 208 g/mol. The Balaban J connectivity index is 2.95. The zero-order valence-electron chi connectivity index (χ0n) is 9.82. The molecule has 0 atom stereocenters. The van der Waals surface area contributed by atoms with Crippen LogP contribution in [0, 0.1) is 0 Å². The van der Waals surface area contributed by atoms with Gasteiger partial charge in [-0.25, -0.2) is 9.97 Å². The Morgan fingerprint density at radius 1 is 1.20 bits per heavy atom. The van der Waals surface area contributed by atoms with Crippen LogP contribution in [0.4, 0.5) is 5.95 Å². The minimum atomic E-state index is 0.623. The minimum absolute atomic E-state index is 0.623. The normalized spacial score (nSPS) is 10.4. The third-order valence-electron chi connectivity index (χ3n) is 2.35. The average Bonchev–Trinajstić information content (AvgIpc) is 2.28. The van der Waals surface area contributed by atoms with Gasteiger partial charge in [0.25, 0.3) is 0 Å². The molecule has 0 aliphatic rings. The number of aryl methyl sites for hydroxylation is 2. The molecule has 2 N–H and O–H groups in total. The number of nitrogens with two attached hydrogens (primary N) is 1. The first kappa shape index (κ1) is 11.9. The summed E-state index contributed by atoms with van der Waals surface area (Å²) in [7, 11) is 1.97. The van der Waals surface area contributed by atoms with Crippen LogP contribution in [-0.2, 0) is 12.8 Å². The Morgan fingerprint density at radius 2 is 1.73 bits per heavy atom. The van der Waals surface area contributed by atoms with Crippen molar-refractivity contribution in [3.05, 3.63) is 17.5 Å². The van der Waals surface area contributed by atoms with Crippen molar-refractivity contribution in [2.24, 2.45) is 5.73 Å². The Hall–Kier alpha value is -1.16. The summed E-state index contributed by atoms with van der Waals surface area (Å²) < 4.78 is 0. The fourth-order valence-electron chi connectivity index (χ4n) is 1.37. The fraction of sp³-hybridized carbons (Fsp3) is 0.636. The number of nitrogens with zero attached hydrogens (tertiary/aromatic N) is 3. The molecule has 4 nitrogen and oxygen atoms in total. The van der Waals surface area contributed by atoms with Gasteiger partial charge in [0.2, 0.25) is 5.95 Å². The molecule has 0 saturated heterocycles. The number of anilines is 1. The molecule has 0 spiro atoms. The van der Waals surface area contributed by atoms with Gasteiger partial charge in [-0.1, -0.05) is 13.8 Å². The molecular weight excluding hydrogens is 188 g/mol. The van der Waals surface area contributed by atoms with Gasteiger partial charge in [-0.05, 0) is 18.9 Å². The highest BCUT2D eigenvalue weighted by Gasteiger charge is 2.06. The summed E-state index contributed by atoms with van der Waals surface area (Å²) in [5, 5.41) is 0. The van der Waals surface area contributed by atoms with Crippen molar-refractivity contribution in [3.8, 4) is 0 Å². The molecule has 0 radical (unpaired) electrons. The van der Waals surface area contributed by atoms with Crippen LogP contribution in [0.15, 0.2) is 6.07 Å². The van der Waals surface area contributed by atoms with E-state index in [9.17, 15) is 0 Å². The Kier molecular flexibility index (Phi) is 4.49. The third-order valence-corrected chi connectivity index (χ3v) is 2.35. The van der Waals surface area contributed by atoms with Gasteiger partial charge in [0, 0.05) is 31.5 Å². The van der Waals surface area contributed by atoms with Crippen LogP contribution in [-0.4, -0.2) is 30.1 Å². The second-order valence-corrected chi connectivity index (χ2v) is 3.57. The van der Waals surface area contributed by atoms with Gasteiger partial charge in [-0.2, -0.15) is 0 Å². The van der Waals surface area contributed by atoms with Crippen molar-refractivity contribution >= 4 is 5.95 Å². The van der Waals surface area contributed by atoms with Crippen molar-refractivity contribution in [2.75, 3.05) is 25.0 Å². The molecule has 0 amide bonds. The average molecular weight is 208 g/mol. The molecule has 0 saturated carbocycles.